The zero-order valence-corrected chi connectivity index (χ0v) is 19.2. The van der Waals surface area contributed by atoms with Crippen LogP contribution in [0.2, 0.25) is 0 Å². The van der Waals surface area contributed by atoms with Crippen molar-refractivity contribution in [1.82, 2.24) is 0 Å². The molecule has 29 heavy (non-hydrogen) atoms. The van der Waals surface area contributed by atoms with E-state index in [1.807, 2.05) is 0 Å². The number of hydrogen-bond donors (Lipinski definition) is 1. The van der Waals surface area contributed by atoms with Crippen molar-refractivity contribution in [2.45, 2.75) is 51.0 Å². The summed E-state index contributed by atoms with van der Waals surface area (Å²) in [4.78, 5) is 0. The van der Waals surface area contributed by atoms with Gasteiger partial charge >= 0.3 is 0 Å². The average molecular weight is 452 g/mol. The molecule has 0 heterocycles. The minimum absolute atomic E-state index is 0. The molecule has 0 spiro atoms. The van der Waals surface area contributed by atoms with Gasteiger partial charge in [-0.3, -0.25) is 0 Å². The summed E-state index contributed by atoms with van der Waals surface area (Å²) in [6.07, 6.45) is 6.45. The molecule has 2 N–H and O–H groups in total. The van der Waals surface area contributed by atoms with Crippen LogP contribution in [0.25, 0.3) is 0 Å². The maximum absolute atomic E-state index is 7.29. The van der Waals surface area contributed by atoms with Gasteiger partial charge < -0.3 is 5.73 Å². The third-order valence-corrected chi connectivity index (χ3v) is 5.80. The molecule has 154 valence electrons. The zero-order chi connectivity index (χ0) is 19.7. The second kappa shape index (κ2) is 11.9. The zero-order valence-electron chi connectivity index (χ0n) is 17.5. The van der Waals surface area contributed by atoms with E-state index in [-0.39, 0.29) is 22.5 Å². The van der Waals surface area contributed by atoms with Gasteiger partial charge in [0.2, 0.25) is 0 Å². The quantitative estimate of drug-likeness (QED) is 0.360. The van der Waals surface area contributed by atoms with Gasteiger partial charge in [0.05, 0.1) is 0 Å². The minimum atomic E-state index is -0.270. The Morgan fingerprint density at radius 3 is 1.52 bits per heavy atom. The second-order valence-corrected chi connectivity index (χ2v) is 8.09. The lowest BCUT2D eigenvalue weighted by Gasteiger charge is -2.39. The Bertz CT molecular complexity index is 760. The second-order valence-electron chi connectivity index (χ2n) is 8.09. The summed E-state index contributed by atoms with van der Waals surface area (Å²) in [6.45, 7) is 2.27. The van der Waals surface area contributed by atoms with Crippen molar-refractivity contribution in [2.75, 3.05) is 0 Å². The highest BCUT2D eigenvalue weighted by Crippen LogP contribution is 2.31. The van der Waals surface area contributed by atoms with E-state index in [2.05, 4.69) is 97.9 Å². The largest absolute Gasteiger partial charge is 0.324 e. The van der Waals surface area contributed by atoms with Crippen LogP contribution < -0.4 is 5.73 Å². The molecule has 0 saturated carbocycles. The fraction of sp³-hybridized carbons (Fsp3) is 0.333. The van der Waals surface area contributed by atoms with Crippen LogP contribution in [0.4, 0.5) is 0 Å². The highest BCUT2D eigenvalue weighted by Gasteiger charge is 2.35. The van der Waals surface area contributed by atoms with Crippen LogP contribution in [0, 0.1) is 5.92 Å². The molecular weight excluding hydrogens is 418 g/mol. The van der Waals surface area contributed by atoms with Gasteiger partial charge in [0.15, 0.2) is 0 Å². The van der Waals surface area contributed by atoms with Crippen molar-refractivity contribution in [1.29, 1.82) is 0 Å². The lowest BCUT2D eigenvalue weighted by molar-refractivity contribution is 0.242. The number of unbranched alkanes of at least 4 members (excludes halogenated alkanes) is 1. The maximum Gasteiger partial charge on any atom is 0.0267 e. The predicted octanol–water partition coefficient (Wildman–Crippen LogP) is 6.80. The van der Waals surface area contributed by atoms with Crippen molar-refractivity contribution in [2.24, 2.45) is 11.7 Å². The van der Waals surface area contributed by atoms with Crippen LogP contribution in [-0.4, -0.2) is 5.54 Å². The van der Waals surface area contributed by atoms with E-state index in [1.54, 1.807) is 0 Å². The predicted molar refractivity (Wildman–Crippen MR) is 131 cm³/mol. The molecule has 0 amide bonds. The normalized spacial score (nSPS) is 12.2. The molecule has 0 aromatic heterocycles. The van der Waals surface area contributed by atoms with Crippen molar-refractivity contribution in [3.63, 3.8) is 0 Å². The number of rotatable bonds is 10. The first-order chi connectivity index (χ1) is 13.7. The molecule has 0 aliphatic rings. The Morgan fingerprint density at radius 1 is 0.690 bits per heavy atom. The van der Waals surface area contributed by atoms with Crippen LogP contribution in [-0.2, 0) is 19.3 Å². The van der Waals surface area contributed by atoms with Crippen LogP contribution in [0.5, 0.6) is 0 Å². The Labute approximate surface area is 187 Å². The molecule has 0 aliphatic carbocycles. The molecule has 3 rings (SSSR count). The molecule has 3 aromatic rings. The summed E-state index contributed by atoms with van der Waals surface area (Å²) in [5.41, 5.74) is 11.1. The van der Waals surface area contributed by atoms with Crippen molar-refractivity contribution in [3.8, 4) is 0 Å². The van der Waals surface area contributed by atoms with Gasteiger partial charge in [-0.05, 0) is 48.3 Å². The van der Waals surface area contributed by atoms with Crippen molar-refractivity contribution < 1.29 is 0 Å². The molecule has 0 saturated heterocycles. The van der Waals surface area contributed by atoms with E-state index < -0.39 is 0 Å². The van der Waals surface area contributed by atoms with E-state index in [1.165, 1.54) is 36.0 Å². The lowest BCUT2D eigenvalue weighted by atomic mass is 9.71. The molecule has 0 aliphatic heterocycles. The van der Waals surface area contributed by atoms with Gasteiger partial charge in [-0.2, -0.15) is 0 Å². The first-order valence-electron chi connectivity index (χ1n) is 10.6. The van der Waals surface area contributed by atoms with Crippen LogP contribution in [0.3, 0.4) is 0 Å². The summed E-state index contributed by atoms with van der Waals surface area (Å²) >= 11 is 0. The Kier molecular flexibility index (Phi) is 9.63. The molecular formula is C27H34BrN. The first-order valence-corrected chi connectivity index (χ1v) is 10.6. The van der Waals surface area contributed by atoms with Gasteiger partial charge in [-0.25, -0.2) is 0 Å². The Morgan fingerprint density at radius 2 is 1.10 bits per heavy atom. The van der Waals surface area contributed by atoms with Gasteiger partial charge in [0, 0.05) is 5.54 Å². The molecule has 2 heteroatoms. The van der Waals surface area contributed by atoms with E-state index in [9.17, 15) is 0 Å². The maximum atomic E-state index is 7.29. The molecule has 0 radical (unpaired) electrons. The molecule has 1 atom stereocenters. The molecule has 0 bridgehead atoms. The smallest absolute Gasteiger partial charge is 0.0267 e. The first kappa shape index (κ1) is 23.4. The van der Waals surface area contributed by atoms with Gasteiger partial charge in [-0.1, -0.05) is 111 Å². The highest BCUT2D eigenvalue weighted by molar-refractivity contribution is 8.93. The lowest BCUT2D eigenvalue weighted by Crippen LogP contribution is -2.52. The van der Waals surface area contributed by atoms with Gasteiger partial charge in [-0.15, -0.1) is 17.0 Å². The number of nitrogens with two attached hydrogens (primary N) is 1. The van der Waals surface area contributed by atoms with Crippen molar-refractivity contribution >= 4 is 17.0 Å². The molecule has 3 aromatic carbocycles. The van der Waals surface area contributed by atoms with E-state index >= 15 is 0 Å². The van der Waals surface area contributed by atoms with Gasteiger partial charge in [0.25, 0.3) is 0 Å². The summed E-state index contributed by atoms with van der Waals surface area (Å²) in [5, 5.41) is 0. The van der Waals surface area contributed by atoms with E-state index in [0.717, 1.165) is 19.3 Å². The fourth-order valence-electron chi connectivity index (χ4n) is 4.24. The third kappa shape index (κ3) is 7.13. The van der Waals surface area contributed by atoms with Crippen molar-refractivity contribution in [3.05, 3.63) is 108 Å². The number of halogens is 1. The summed E-state index contributed by atoms with van der Waals surface area (Å²) in [5.74, 6) is 0.440. The Balaban J connectivity index is 0.00000300. The van der Waals surface area contributed by atoms with Crippen LogP contribution in [0.15, 0.2) is 91.0 Å². The Hall–Kier alpha value is -1.90. The van der Waals surface area contributed by atoms with Gasteiger partial charge in [0.1, 0.15) is 0 Å². The number of benzene rings is 3. The topological polar surface area (TPSA) is 26.0 Å². The summed E-state index contributed by atoms with van der Waals surface area (Å²) in [7, 11) is 0. The molecule has 1 unspecified atom stereocenters. The van der Waals surface area contributed by atoms with E-state index in [4.69, 9.17) is 5.73 Å². The monoisotopic (exact) mass is 451 g/mol. The molecule has 1 nitrogen and oxygen atoms in total. The number of hydrogen-bond acceptors (Lipinski definition) is 1. The highest BCUT2D eigenvalue weighted by atomic mass is 79.9. The van der Waals surface area contributed by atoms with Crippen LogP contribution in [0.1, 0.15) is 42.9 Å². The minimum Gasteiger partial charge on any atom is -0.324 e. The van der Waals surface area contributed by atoms with Crippen LogP contribution >= 0.6 is 17.0 Å². The standard InChI is InChI=1S/C27H33N.BrH/c1-2-3-19-26(20-23-13-7-4-8-14-23)27(28,21-24-15-9-5-10-16-24)22-25-17-11-6-12-18-25;/h4-18,26H,2-3,19-22,28H2,1H3;1H. The SMILES string of the molecule is Br.CCCCC(Cc1ccccc1)C(N)(Cc1ccccc1)Cc1ccccc1. The third-order valence-electron chi connectivity index (χ3n) is 5.80. The van der Waals surface area contributed by atoms with E-state index in [0.29, 0.717) is 5.92 Å². The molecule has 0 fully saturated rings. The fourth-order valence-corrected chi connectivity index (χ4v) is 4.24. The summed E-state index contributed by atoms with van der Waals surface area (Å²) in [6, 6.07) is 32.4. The average Bonchev–Trinajstić information content (AvgIpc) is 2.73. The summed E-state index contributed by atoms with van der Waals surface area (Å²) < 4.78 is 0.